The van der Waals surface area contributed by atoms with Crippen LogP contribution in [0.5, 0.6) is 0 Å². The molecule has 0 radical (unpaired) electrons. The summed E-state index contributed by atoms with van der Waals surface area (Å²) >= 11 is 0. The van der Waals surface area contributed by atoms with Gasteiger partial charge in [0.2, 0.25) is 0 Å². The van der Waals surface area contributed by atoms with Crippen LogP contribution >= 0.6 is 0 Å². The van der Waals surface area contributed by atoms with Crippen molar-refractivity contribution in [3.05, 3.63) is 23.7 Å². The summed E-state index contributed by atoms with van der Waals surface area (Å²) in [7, 11) is 0. The first kappa shape index (κ1) is 9.68. The van der Waals surface area contributed by atoms with Crippen molar-refractivity contribution in [1.82, 2.24) is 19.8 Å². The highest BCUT2D eigenvalue weighted by molar-refractivity contribution is 5.36. The molecule has 0 amide bonds. The van der Waals surface area contributed by atoms with Crippen LogP contribution in [-0.4, -0.2) is 39.1 Å². The summed E-state index contributed by atoms with van der Waals surface area (Å²) < 4.78 is 7.10. The SMILES string of the molecule is Cc1ccc2nnc(C3COCC3N)n2n1. The van der Waals surface area contributed by atoms with E-state index in [4.69, 9.17) is 10.5 Å². The molecule has 1 aliphatic heterocycles. The third-order valence-electron chi connectivity index (χ3n) is 2.88. The molecule has 1 aliphatic rings. The lowest BCUT2D eigenvalue weighted by molar-refractivity contribution is 0.190. The van der Waals surface area contributed by atoms with E-state index in [1.54, 1.807) is 4.52 Å². The summed E-state index contributed by atoms with van der Waals surface area (Å²) in [5.74, 6) is 0.882. The number of aryl methyl sites for hydroxylation is 1. The van der Waals surface area contributed by atoms with Crippen LogP contribution in [-0.2, 0) is 4.74 Å². The maximum absolute atomic E-state index is 5.97. The highest BCUT2D eigenvalue weighted by Gasteiger charge is 2.30. The van der Waals surface area contributed by atoms with Gasteiger partial charge in [-0.1, -0.05) is 0 Å². The van der Waals surface area contributed by atoms with E-state index in [0.29, 0.717) is 13.2 Å². The molecule has 0 saturated carbocycles. The van der Waals surface area contributed by atoms with Crippen LogP contribution in [0.15, 0.2) is 12.1 Å². The number of aromatic nitrogens is 4. The number of rotatable bonds is 1. The molecule has 2 N–H and O–H groups in total. The van der Waals surface area contributed by atoms with Crippen molar-refractivity contribution >= 4 is 5.65 Å². The number of ether oxygens (including phenoxy) is 1. The monoisotopic (exact) mass is 219 g/mol. The van der Waals surface area contributed by atoms with E-state index in [9.17, 15) is 0 Å². The van der Waals surface area contributed by atoms with E-state index in [2.05, 4.69) is 15.3 Å². The Hall–Kier alpha value is -1.53. The van der Waals surface area contributed by atoms with Gasteiger partial charge in [-0.05, 0) is 19.1 Å². The fourth-order valence-electron chi connectivity index (χ4n) is 1.97. The van der Waals surface area contributed by atoms with E-state index in [-0.39, 0.29) is 12.0 Å². The van der Waals surface area contributed by atoms with Crippen LogP contribution in [0.3, 0.4) is 0 Å². The van der Waals surface area contributed by atoms with E-state index in [1.165, 1.54) is 0 Å². The standard InChI is InChI=1S/C10H13N5O/c1-6-2-3-9-12-13-10(15(9)14-6)7-4-16-5-8(7)11/h2-3,7-8H,4-5,11H2,1H3. The van der Waals surface area contributed by atoms with Gasteiger partial charge < -0.3 is 10.5 Å². The van der Waals surface area contributed by atoms with Crippen molar-refractivity contribution in [2.24, 2.45) is 5.73 Å². The van der Waals surface area contributed by atoms with Gasteiger partial charge in [-0.15, -0.1) is 10.2 Å². The minimum absolute atomic E-state index is 0.0188. The second-order valence-corrected chi connectivity index (χ2v) is 4.11. The summed E-state index contributed by atoms with van der Waals surface area (Å²) in [6, 6.07) is 3.80. The Bertz CT molecular complexity index is 523. The Labute approximate surface area is 92.4 Å². The third kappa shape index (κ3) is 1.38. The Balaban J connectivity index is 2.12. The highest BCUT2D eigenvalue weighted by atomic mass is 16.5. The predicted molar refractivity (Wildman–Crippen MR) is 57.1 cm³/mol. The van der Waals surface area contributed by atoms with Gasteiger partial charge in [0.1, 0.15) is 0 Å². The zero-order valence-electron chi connectivity index (χ0n) is 9.00. The van der Waals surface area contributed by atoms with Gasteiger partial charge in [0.15, 0.2) is 11.5 Å². The molecule has 6 nitrogen and oxygen atoms in total. The number of hydrogen-bond donors (Lipinski definition) is 1. The van der Waals surface area contributed by atoms with Gasteiger partial charge >= 0.3 is 0 Å². The van der Waals surface area contributed by atoms with Crippen molar-refractivity contribution in [2.45, 2.75) is 18.9 Å². The molecule has 1 fully saturated rings. The van der Waals surface area contributed by atoms with Gasteiger partial charge in [0.25, 0.3) is 0 Å². The topological polar surface area (TPSA) is 78.3 Å². The van der Waals surface area contributed by atoms with E-state index in [1.807, 2.05) is 19.1 Å². The quantitative estimate of drug-likeness (QED) is 0.723. The van der Waals surface area contributed by atoms with Crippen LogP contribution in [0.4, 0.5) is 0 Å². The first-order valence-electron chi connectivity index (χ1n) is 5.28. The van der Waals surface area contributed by atoms with Gasteiger partial charge in [-0.2, -0.15) is 9.61 Å². The van der Waals surface area contributed by atoms with E-state index < -0.39 is 0 Å². The van der Waals surface area contributed by atoms with Gasteiger partial charge in [0.05, 0.1) is 24.8 Å². The van der Waals surface area contributed by atoms with Gasteiger partial charge in [-0.3, -0.25) is 0 Å². The molecule has 0 bridgehead atoms. The molecule has 1 saturated heterocycles. The molecule has 2 unspecified atom stereocenters. The first-order valence-corrected chi connectivity index (χ1v) is 5.28. The Morgan fingerprint density at radius 3 is 3.00 bits per heavy atom. The molecule has 2 aromatic heterocycles. The zero-order chi connectivity index (χ0) is 11.1. The average molecular weight is 219 g/mol. The zero-order valence-corrected chi connectivity index (χ0v) is 9.00. The summed E-state index contributed by atoms with van der Waals surface area (Å²) in [5, 5.41) is 12.6. The normalized spacial score (nSPS) is 25.4. The highest BCUT2D eigenvalue weighted by Crippen LogP contribution is 2.22. The minimum Gasteiger partial charge on any atom is -0.379 e. The van der Waals surface area contributed by atoms with Crippen LogP contribution in [0.1, 0.15) is 17.4 Å². The lowest BCUT2D eigenvalue weighted by atomic mass is 10.0. The Morgan fingerprint density at radius 2 is 2.25 bits per heavy atom. The van der Waals surface area contributed by atoms with Crippen LogP contribution < -0.4 is 5.73 Å². The number of fused-ring (bicyclic) bond motifs is 1. The lowest BCUT2D eigenvalue weighted by Gasteiger charge is -2.10. The van der Waals surface area contributed by atoms with Crippen LogP contribution in [0.2, 0.25) is 0 Å². The van der Waals surface area contributed by atoms with Gasteiger partial charge in [0, 0.05) is 6.04 Å². The van der Waals surface area contributed by atoms with E-state index >= 15 is 0 Å². The Morgan fingerprint density at radius 1 is 1.38 bits per heavy atom. The fourth-order valence-corrected chi connectivity index (χ4v) is 1.97. The molecule has 16 heavy (non-hydrogen) atoms. The van der Waals surface area contributed by atoms with Crippen molar-refractivity contribution < 1.29 is 4.74 Å². The lowest BCUT2D eigenvalue weighted by Crippen LogP contribution is -2.28. The van der Waals surface area contributed by atoms with Gasteiger partial charge in [-0.25, -0.2) is 0 Å². The van der Waals surface area contributed by atoms with Crippen LogP contribution in [0, 0.1) is 6.92 Å². The summed E-state index contributed by atoms with van der Waals surface area (Å²) in [5.41, 5.74) is 7.65. The maximum Gasteiger partial charge on any atom is 0.177 e. The first-order chi connectivity index (χ1) is 7.75. The molecular weight excluding hydrogens is 206 g/mol. The fraction of sp³-hybridized carbons (Fsp3) is 0.500. The van der Waals surface area contributed by atoms with Crippen molar-refractivity contribution in [3.8, 4) is 0 Å². The molecule has 2 atom stereocenters. The van der Waals surface area contributed by atoms with Crippen molar-refractivity contribution in [2.75, 3.05) is 13.2 Å². The second-order valence-electron chi connectivity index (χ2n) is 4.11. The molecule has 3 rings (SSSR count). The molecule has 3 heterocycles. The summed E-state index contributed by atoms with van der Waals surface area (Å²) in [6.07, 6.45) is 0. The molecule has 0 aromatic carbocycles. The molecule has 0 spiro atoms. The third-order valence-corrected chi connectivity index (χ3v) is 2.88. The second kappa shape index (κ2) is 3.50. The summed E-state index contributed by atoms with van der Waals surface area (Å²) in [6.45, 7) is 3.11. The Kier molecular flexibility index (Phi) is 2.12. The van der Waals surface area contributed by atoms with E-state index in [0.717, 1.165) is 17.2 Å². The molecule has 0 aliphatic carbocycles. The summed E-state index contributed by atoms with van der Waals surface area (Å²) in [4.78, 5) is 0. The van der Waals surface area contributed by atoms with Crippen molar-refractivity contribution in [1.29, 1.82) is 0 Å². The molecule has 6 heteroatoms. The maximum atomic E-state index is 5.97. The minimum atomic E-state index is -0.0188. The number of nitrogens with zero attached hydrogens (tertiary/aromatic N) is 4. The largest absolute Gasteiger partial charge is 0.379 e. The molecule has 2 aromatic rings. The number of hydrogen-bond acceptors (Lipinski definition) is 5. The number of nitrogens with two attached hydrogens (primary N) is 1. The smallest absolute Gasteiger partial charge is 0.177 e. The van der Waals surface area contributed by atoms with Crippen molar-refractivity contribution in [3.63, 3.8) is 0 Å². The molecule has 84 valence electrons. The predicted octanol–water partition coefficient (Wildman–Crippen LogP) is -0.126. The molecular formula is C10H13N5O. The average Bonchev–Trinajstić information content (AvgIpc) is 2.83. The van der Waals surface area contributed by atoms with Crippen LogP contribution in [0.25, 0.3) is 5.65 Å².